The molecule has 1 heterocycles. The molecule has 1 aliphatic rings. The molecule has 19 heavy (non-hydrogen) atoms. The first-order valence-electron chi connectivity index (χ1n) is 6.18. The molecule has 6 heteroatoms. The van der Waals surface area contributed by atoms with Crippen LogP contribution in [0.4, 0.5) is 0 Å². The van der Waals surface area contributed by atoms with Gasteiger partial charge >= 0.3 is 0 Å². The molecule has 0 aliphatic carbocycles. The number of sulfonamides is 1. The summed E-state index contributed by atoms with van der Waals surface area (Å²) in [5.74, 6) is 0. The Hall–Kier alpha value is -1.42. The van der Waals surface area contributed by atoms with Gasteiger partial charge in [0, 0.05) is 12.6 Å². The van der Waals surface area contributed by atoms with Crippen LogP contribution in [-0.4, -0.2) is 37.0 Å². The quantitative estimate of drug-likeness (QED) is 0.888. The summed E-state index contributed by atoms with van der Waals surface area (Å²) in [6.07, 6.45) is 1.74. The number of hydrogen-bond acceptors (Lipinski definition) is 4. The maximum atomic E-state index is 12.4. The monoisotopic (exact) mass is 280 g/mol. The molecule has 1 aromatic rings. The van der Waals surface area contributed by atoms with Crippen molar-refractivity contribution in [2.24, 2.45) is 0 Å². The second-order valence-corrected chi connectivity index (χ2v) is 6.46. The van der Waals surface area contributed by atoms with Crippen molar-refractivity contribution in [1.82, 2.24) is 4.31 Å². The molecule has 1 atom stereocenters. The van der Waals surface area contributed by atoms with E-state index in [0.717, 1.165) is 12.0 Å². The van der Waals surface area contributed by atoms with Crippen molar-refractivity contribution < 1.29 is 13.5 Å². The molecule has 2 rings (SSSR count). The van der Waals surface area contributed by atoms with Gasteiger partial charge in [0.25, 0.3) is 0 Å². The first-order chi connectivity index (χ1) is 9.09. The largest absolute Gasteiger partial charge is 0.395 e. The lowest BCUT2D eigenvalue weighted by molar-refractivity contribution is 0.213. The van der Waals surface area contributed by atoms with Crippen LogP contribution in [0.1, 0.15) is 18.4 Å². The normalized spacial score (nSPS) is 20.3. The average molecular weight is 280 g/mol. The summed E-state index contributed by atoms with van der Waals surface area (Å²) in [5.41, 5.74) is 0.793. The molecule has 1 fully saturated rings. The fourth-order valence-electron chi connectivity index (χ4n) is 2.31. The molecule has 0 amide bonds. The van der Waals surface area contributed by atoms with Crippen molar-refractivity contribution in [3.63, 3.8) is 0 Å². The first-order valence-corrected chi connectivity index (χ1v) is 7.62. The van der Waals surface area contributed by atoms with Gasteiger partial charge in [-0.3, -0.25) is 0 Å². The molecule has 0 radical (unpaired) electrons. The van der Waals surface area contributed by atoms with Gasteiger partial charge in [-0.15, -0.1) is 0 Å². The predicted octanol–water partition coefficient (Wildman–Crippen LogP) is 0.898. The van der Waals surface area contributed by atoms with Crippen molar-refractivity contribution in [2.45, 2.75) is 30.2 Å². The van der Waals surface area contributed by atoms with E-state index in [4.69, 9.17) is 5.26 Å². The zero-order valence-corrected chi connectivity index (χ0v) is 11.3. The number of hydrogen-bond donors (Lipinski definition) is 1. The molecule has 102 valence electrons. The van der Waals surface area contributed by atoms with Crippen molar-refractivity contribution in [3.05, 3.63) is 29.8 Å². The highest BCUT2D eigenvalue weighted by Crippen LogP contribution is 2.25. The second kappa shape index (κ2) is 5.70. The SMILES string of the molecule is N#CCc1ccc(S(=O)(=O)N2CCC[C@@H]2CO)cc1. The molecule has 0 aromatic heterocycles. The third-order valence-corrected chi connectivity index (χ3v) is 5.31. The summed E-state index contributed by atoms with van der Waals surface area (Å²) in [5, 5.41) is 17.8. The van der Waals surface area contributed by atoms with Crippen molar-refractivity contribution in [1.29, 1.82) is 5.26 Å². The van der Waals surface area contributed by atoms with Crippen LogP contribution >= 0.6 is 0 Å². The van der Waals surface area contributed by atoms with Gasteiger partial charge in [0.05, 0.1) is 24.0 Å². The van der Waals surface area contributed by atoms with Gasteiger partial charge in [0.1, 0.15) is 0 Å². The van der Waals surface area contributed by atoms with Crippen LogP contribution in [0.2, 0.25) is 0 Å². The summed E-state index contributed by atoms with van der Waals surface area (Å²) < 4.78 is 26.2. The average Bonchev–Trinajstić information content (AvgIpc) is 2.89. The summed E-state index contributed by atoms with van der Waals surface area (Å²) in [7, 11) is -3.54. The fraction of sp³-hybridized carbons (Fsp3) is 0.462. The molecule has 0 unspecified atom stereocenters. The third kappa shape index (κ3) is 2.78. The van der Waals surface area contributed by atoms with E-state index in [1.54, 1.807) is 12.1 Å². The molecule has 1 aliphatic heterocycles. The van der Waals surface area contributed by atoms with Crippen LogP contribution in [0.15, 0.2) is 29.2 Å². The van der Waals surface area contributed by atoms with Crippen LogP contribution in [0.5, 0.6) is 0 Å². The molecule has 1 N–H and O–H groups in total. The molecular weight excluding hydrogens is 264 g/mol. The molecule has 1 aromatic carbocycles. The molecule has 5 nitrogen and oxygen atoms in total. The van der Waals surface area contributed by atoms with E-state index >= 15 is 0 Å². The highest BCUT2D eigenvalue weighted by Gasteiger charge is 2.34. The minimum absolute atomic E-state index is 0.147. The van der Waals surface area contributed by atoms with E-state index in [1.807, 2.05) is 6.07 Å². The standard InChI is InChI=1S/C13H16N2O3S/c14-8-7-11-3-5-13(6-4-11)19(17,18)15-9-1-2-12(15)10-16/h3-6,12,16H,1-2,7,9-10H2/t12-/m1/s1. The maximum absolute atomic E-state index is 12.4. The molecule has 0 spiro atoms. The smallest absolute Gasteiger partial charge is 0.243 e. The maximum Gasteiger partial charge on any atom is 0.243 e. The van der Waals surface area contributed by atoms with E-state index in [0.29, 0.717) is 13.0 Å². The Labute approximate surface area is 113 Å². The van der Waals surface area contributed by atoms with E-state index in [9.17, 15) is 13.5 Å². The Morgan fingerprint density at radius 2 is 2.05 bits per heavy atom. The Kier molecular flexibility index (Phi) is 4.20. The van der Waals surface area contributed by atoms with Crippen LogP contribution in [0, 0.1) is 11.3 Å². The van der Waals surface area contributed by atoms with Crippen LogP contribution in [-0.2, 0) is 16.4 Å². The van der Waals surface area contributed by atoms with Crippen LogP contribution < -0.4 is 0 Å². The summed E-state index contributed by atoms with van der Waals surface area (Å²) in [4.78, 5) is 0.217. The molecule has 0 saturated carbocycles. The number of aliphatic hydroxyl groups excluding tert-OH is 1. The third-order valence-electron chi connectivity index (χ3n) is 3.35. The van der Waals surface area contributed by atoms with Gasteiger partial charge in [-0.2, -0.15) is 9.57 Å². The van der Waals surface area contributed by atoms with E-state index in [-0.39, 0.29) is 24.0 Å². The Bertz CT molecular complexity index is 575. The lowest BCUT2D eigenvalue weighted by Crippen LogP contribution is -2.37. The zero-order chi connectivity index (χ0) is 13.9. The van der Waals surface area contributed by atoms with Gasteiger partial charge < -0.3 is 5.11 Å². The van der Waals surface area contributed by atoms with Gasteiger partial charge in [-0.1, -0.05) is 12.1 Å². The van der Waals surface area contributed by atoms with Gasteiger partial charge in [-0.05, 0) is 30.5 Å². The summed E-state index contributed by atoms with van der Waals surface area (Å²) >= 11 is 0. The number of nitrogens with zero attached hydrogens (tertiary/aromatic N) is 2. The van der Waals surface area contributed by atoms with E-state index in [1.165, 1.54) is 16.4 Å². The topological polar surface area (TPSA) is 81.4 Å². The summed E-state index contributed by atoms with van der Waals surface area (Å²) in [6, 6.07) is 8.06. The lowest BCUT2D eigenvalue weighted by Gasteiger charge is -2.22. The predicted molar refractivity (Wildman–Crippen MR) is 69.8 cm³/mol. The zero-order valence-electron chi connectivity index (χ0n) is 10.5. The van der Waals surface area contributed by atoms with Gasteiger partial charge in [-0.25, -0.2) is 8.42 Å². The number of benzene rings is 1. The highest BCUT2D eigenvalue weighted by atomic mass is 32.2. The Morgan fingerprint density at radius 3 is 2.63 bits per heavy atom. The number of rotatable bonds is 4. The van der Waals surface area contributed by atoms with Gasteiger partial charge in [0.2, 0.25) is 10.0 Å². The first kappa shape index (κ1) is 14.0. The minimum atomic E-state index is -3.54. The number of nitriles is 1. The Balaban J connectivity index is 2.27. The van der Waals surface area contributed by atoms with Gasteiger partial charge in [0.15, 0.2) is 0 Å². The minimum Gasteiger partial charge on any atom is -0.395 e. The van der Waals surface area contributed by atoms with Crippen molar-refractivity contribution >= 4 is 10.0 Å². The summed E-state index contributed by atoms with van der Waals surface area (Å²) in [6.45, 7) is 0.305. The molecular formula is C13H16N2O3S. The van der Waals surface area contributed by atoms with E-state index < -0.39 is 10.0 Å². The second-order valence-electron chi connectivity index (χ2n) is 4.57. The van der Waals surface area contributed by atoms with Crippen LogP contribution in [0.3, 0.4) is 0 Å². The Morgan fingerprint density at radius 1 is 1.37 bits per heavy atom. The lowest BCUT2D eigenvalue weighted by atomic mass is 10.2. The number of aliphatic hydroxyl groups is 1. The van der Waals surface area contributed by atoms with Crippen molar-refractivity contribution in [3.8, 4) is 6.07 Å². The highest BCUT2D eigenvalue weighted by molar-refractivity contribution is 7.89. The fourth-order valence-corrected chi connectivity index (χ4v) is 4.00. The van der Waals surface area contributed by atoms with E-state index in [2.05, 4.69) is 0 Å². The molecule has 1 saturated heterocycles. The van der Waals surface area contributed by atoms with Crippen LogP contribution in [0.25, 0.3) is 0 Å². The molecule has 0 bridgehead atoms. The van der Waals surface area contributed by atoms with Crippen molar-refractivity contribution in [2.75, 3.05) is 13.2 Å².